The van der Waals surface area contributed by atoms with Crippen molar-refractivity contribution in [1.29, 1.82) is 0 Å². The fourth-order valence-corrected chi connectivity index (χ4v) is 7.62. The number of aliphatic carboxylic acids is 1. The summed E-state index contributed by atoms with van der Waals surface area (Å²) in [6.45, 7) is 7.69. The van der Waals surface area contributed by atoms with Gasteiger partial charge in [0, 0.05) is 49.1 Å². The van der Waals surface area contributed by atoms with E-state index in [4.69, 9.17) is 9.47 Å². The molecule has 9 nitrogen and oxygen atoms in total. The van der Waals surface area contributed by atoms with Crippen molar-refractivity contribution in [3.63, 3.8) is 0 Å². The first-order valence-corrected chi connectivity index (χ1v) is 18.6. The van der Waals surface area contributed by atoms with Gasteiger partial charge in [-0.25, -0.2) is 18.4 Å². The van der Waals surface area contributed by atoms with Gasteiger partial charge in [-0.1, -0.05) is 99.6 Å². The number of carboxylic acid groups (broad SMARTS) is 1. The van der Waals surface area contributed by atoms with Crippen LogP contribution in [-0.2, 0) is 25.6 Å². The van der Waals surface area contributed by atoms with Crippen molar-refractivity contribution >= 4 is 18.0 Å². The number of nitrogens with zero attached hydrogens (tertiary/aromatic N) is 2. The number of hydrogen-bond donors (Lipinski definition) is 2. The van der Waals surface area contributed by atoms with Crippen molar-refractivity contribution in [3.05, 3.63) is 143 Å². The topological polar surface area (TPSA) is 110 Å². The van der Waals surface area contributed by atoms with Gasteiger partial charge in [0.25, 0.3) is 5.91 Å². The second-order valence-electron chi connectivity index (χ2n) is 15.2. The Morgan fingerprint density at radius 2 is 1.50 bits per heavy atom. The van der Waals surface area contributed by atoms with E-state index >= 15 is 4.39 Å². The number of amides is 2. The average Bonchev–Trinajstić information content (AvgIpc) is 3.73. The Kier molecular flexibility index (Phi) is 12.0. The number of nitrogens with one attached hydrogen (secondary N) is 1. The summed E-state index contributed by atoms with van der Waals surface area (Å²) in [5.41, 5.74) is 5.52. The van der Waals surface area contributed by atoms with E-state index in [9.17, 15) is 23.9 Å². The third-order valence-electron chi connectivity index (χ3n) is 10.4. The SMILES string of the molecule is COC(C)C(=O)N(CCC(NC(=O)OCC1c2ccccc2-c2ccccc21)C(=O)O)C(c1cc(-c2cc(F)ccc2F)cn1Cc1ccccc1)C(C)(C)C. The predicted octanol–water partition coefficient (Wildman–Crippen LogP) is 8.81. The summed E-state index contributed by atoms with van der Waals surface area (Å²) in [4.78, 5) is 41.7. The van der Waals surface area contributed by atoms with Gasteiger partial charge in [0.2, 0.25) is 0 Å². The molecule has 292 valence electrons. The molecule has 3 unspecified atom stereocenters. The first-order valence-electron chi connectivity index (χ1n) is 18.6. The first-order chi connectivity index (χ1) is 26.8. The number of aromatic nitrogens is 1. The van der Waals surface area contributed by atoms with Crippen LogP contribution < -0.4 is 5.32 Å². The highest BCUT2D eigenvalue weighted by Gasteiger charge is 2.39. The van der Waals surface area contributed by atoms with Crippen LogP contribution in [0.15, 0.2) is 109 Å². The van der Waals surface area contributed by atoms with Crippen molar-refractivity contribution in [3.8, 4) is 22.3 Å². The summed E-state index contributed by atoms with van der Waals surface area (Å²) in [6, 6.07) is 28.3. The van der Waals surface area contributed by atoms with Crippen LogP contribution in [0.5, 0.6) is 0 Å². The van der Waals surface area contributed by atoms with Crippen LogP contribution in [-0.4, -0.2) is 65.0 Å². The zero-order valence-electron chi connectivity index (χ0n) is 32.2. The van der Waals surface area contributed by atoms with E-state index in [2.05, 4.69) is 5.32 Å². The van der Waals surface area contributed by atoms with Crippen LogP contribution in [0, 0.1) is 17.0 Å². The minimum Gasteiger partial charge on any atom is -0.480 e. The van der Waals surface area contributed by atoms with Crippen molar-refractivity contribution in [1.82, 2.24) is 14.8 Å². The predicted molar refractivity (Wildman–Crippen MR) is 210 cm³/mol. The molecule has 0 bridgehead atoms. The van der Waals surface area contributed by atoms with E-state index < -0.39 is 53.2 Å². The summed E-state index contributed by atoms with van der Waals surface area (Å²) >= 11 is 0. The molecule has 0 spiro atoms. The van der Waals surface area contributed by atoms with E-state index in [0.29, 0.717) is 17.8 Å². The fourth-order valence-electron chi connectivity index (χ4n) is 7.62. The van der Waals surface area contributed by atoms with Gasteiger partial charge in [-0.05, 0) is 70.8 Å². The molecule has 1 heterocycles. The Hall–Kier alpha value is -5.81. The van der Waals surface area contributed by atoms with E-state index in [1.165, 1.54) is 7.11 Å². The number of carbonyl (C=O) groups is 3. The zero-order valence-corrected chi connectivity index (χ0v) is 32.2. The van der Waals surface area contributed by atoms with Crippen molar-refractivity contribution < 1.29 is 37.7 Å². The van der Waals surface area contributed by atoms with E-state index in [1.54, 1.807) is 24.1 Å². The maximum absolute atomic E-state index is 15.2. The quantitative estimate of drug-likeness (QED) is 0.117. The molecule has 11 heteroatoms. The molecule has 0 fully saturated rings. The van der Waals surface area contributed by atoms with Gasteiger partial charge < -0.3 is 29.4 Å². The van der Waals surface area contributed by atoms with E-state index in [0.717, 1.165) is 46.0 Å². The molecule has 6 rings (SSSR count). The molecule has 3 atom stereocenters. The Bertz CT molecular complexity index is 2150. The second kappa shape index (κ2) is 16.9. The summed E-state index contributed by atoms with van der Waals surface area (Å²) < 4.78 is 42.7. The molecule has 2 N–H and O–H groups in total. The van der Waals surface area contributed by atoms with E-state index in [1.807, 2.05) is 104 Å². The van der Waals surface area contributed by atoms with Crippen LogP contribution in [0.1, 0.15) is 68.5 Å². The lowest BCUT2D eigenvalue weighted by atomic mass is 9.82. The highest BCUT2D eigenvalue weighted by Crippen LogP contribution is 2.45. The molecular weight excluding hydrogens is 717 g/mol. The second-order valence-corrected chi connectivity index (χ2v) is 15.2. The minimum absolute atomic E-state index is 0.000900. The molecule has 0 saturated heterocycles. The van der Waals surface area contributed by atoms with E-state index in [-0.39, 0.29) is 31.1 Å². The van der Waals surface area contributed by atoms with Crippen molar-refractivity contribution in [2.45, 2.75) is 64.8 Å². The number of rotatable bonds is 14. The number of carbonyl (C=O) groups excluding carboxylic acids is 2. The summed E-state index contributed by atoms with van der Waals surface area (Å²) in [7, 11) is 1.41. The number of ether oxygens (including phenoxy) is 2. The Morgan fingerprint density at radius 1 is 0.875 bits per heavy atom. The number of fused-ring (bicyclic) bond motifs is 3. The molecular formula is C45H47F2N3O6. The maximum atomic E-state index is 15.2. The standard InChI is InChI=1S/C45H47F2N3O6/c1-28(55-5)42(51)50(22-21-39(43(52)53)48-44(54)56-27-37-34-17-11-9-15-32(34)33-16-10-12-18-35(33)37)41(45(2,3)4)40-23-30(36-24-31(46)19-20-38(36)47)26-49(40)25-29-13-7-6-8-14-29/h6-20,23-24,26,28,37,39,41H,21-22,25,27H2,1-5H3,(H,48,54)(H,52,53). The Labute approximate surface area is 325 Å². The highest BCUT2D eigenvalue weighted by atomic mass is 19.1. The smallest absolute Gasteiger partial charge is 0.407 e. The molecule has 0 saturated carbocycles. The molecule has 0 radical (unpaired) electrons. The van der Waals surface area contributed by atoms with Crippen LogP contribution in [0.4, 0.5) is 13.6 Å². The van der Waals surface area contributed by atoms with Crippen molar-refractivity contribution in [2.24, 2.45) is 5.41 Å². The largest absolute Gasteiger partial charge is 0.480 e. The number of carboxylic acids is 1. The van der Waals surface area contributed by atoms with Gasteiger partial charge >= 0.3 is 12.1 Å². The summed E-state index contributed by atoms with van der Waals surface area (Å²) in [6.07, 6.45) is -0.233. The monoisotopic (exact) mass is 763 g/mol. The van der Waals surface area contributed by atoms with Gasteiger partial charge in [0.15, 0.2) is 0 Å². The zero-order chi connectivity index (χ0) is 40.1. The molecule has 4 aromatic carbocycles. The lowest BCUT2D eigenvalue weighted by Gasteiger charge is -2.42. The molecule has 1 aliphatic rings. The van der Waals surface area contributed by atoms with Crippen LogP contribution in [0.3, 0.4) is 0 Å². The van der Waals surface area contributed by atoms with Crippen LogP contribution >= 0.6 is 0 Å². The third-order valence-corrected chi connectivity index (χ3v) is 10.4. The molecule has 5 aromatic rings. The maximum Gasteiger partial charge on any atom is 0.407 e. The van der Waals surface area contributed by atoms with Gasteiger partial charge in [-0.2, -0.15) is 0 Å². The lowest BCUT2D eigenvalue weighted by Crippen LogP contribution is -2.49. The first kappa shape index (κ1) is 39.9. The molecule has 1 aromatic heterocycles. The van der Waals surface area contributed by atoms with Crippen molar-refractivity contribution in [2.75, 3.05) is 20.3 Å². The molecule has 2 amide bonds. The van der Waals surface area contributed by atoms with Gasteiger partial charge in [0.05, 0.1) is 6.04 Å². The molecule has 0 aliphatic heterocycles. The Morgan fingerprint density at radius 3 is 2.11 bits per heavy atom. The Balaban J connectivity index is 1.28. The summed E-state index contributed by atoms with van der Waals surface area (Å²) in [5.74, 6) is -3.13. The number of halogens is 2. The van der Waals surface area contributed by atoms with Crippen LogP contribution in [0.2, 0.25) is 0 Å². The fraction of sp³-hybridized carbons (Fsp3) is 0.311. The van der Waals surface area contributed by atoms with Crippen LogP contribution in [0.25, 0.3) is 22.3 Å². The van der Waals surface area contributed by atoms with Gasteiger partial charge in [-0.15, -0.1) is 0 Å². The summed E-state index contributed by atoms with van der Waals surface area (Å²) in [5, 5.41) is 12.8. The third kappa shape index (κ3) is 8.68. The molecule has 56 heavy (non-hydrogen) atoms. The number of benzene rings is 4. The van der Waals surface area contributed by atoms with Gasteiger partial charge in [-0.3, -0.25) is 4.79 Å². The normalized spacial score (nSPS) is 14.0. The lowest BCUT2D eigenvalue weighted by molar-refractivity contribution is -0.148. The molecule has 1 aliphatic carbocycles. The number of hydrogen-bond acceptors (Lipinski definition) is 5. The number of methoxy groups -OCH3 is 1. The minimum atomic E-state index is -1.41. The highest BCUT2D eigenvalue weighted by molar-refractivity contribution is 5.83. The average molecular weight is 764 g/mol. The van der Waals surface area contributed by atoms with Gasteiger partial charge in [0.1, 0.15) is 30.4 Å². The number of alkyl carbamates (subject to hydrolysis) is 1.